The molecule has 0 saturated heterocycles. The third-order valence-corrected chi connectivity index (χ3v) is 2.28. The summed E-state index contributed by atoms with van der Waals surface area (Å²) in [6, 6.07) is 3.81. The van der Waals surface area contributed by atoms with Crippen molar-refractivity contribution < 1.29 is 13.2 Å². The van der Waals surface area contributed by atoms with E-state index >= 15 is 0 Å². The molecule has 15 heavy (non-hydrogen) atoms. The van der Waals surface area contributed by atoms with E-state index in [-0.39, 0.29) is 16.6 Å². The van der Waals surface area contributed by atoms with Gasteiger partial charge in [0, 0.05) is 11.0 Å². The van der Waals surface area contributed by atoms with Crippen LogP contribution in [0.25, 0.3) is 0 Å². The van der Waals surface area contributed by atoms with Gasteiger partial charge in [0.1, 0.15) is 6.07 Å². The van der Waals surface area contributed by atoms with Gasteiger partial charge in [-0.25, -0.2) is 0 Å². The molecular weight excluding hydrogens is 273 g/mol. The average Bonchev–Trinajstić information content (AvgIpc) is 2.15. The number of alkyl halides is 3. The van der Waals surface area contributed by atoms with Crippen LogP contribution in [0.3, 0.4) is 0 Å². The van der Waals surface area contributed by atoms with Crippen LogP contribution in [0.5, 0.6) is 0 Å². The summed E-state index contributed by atoms with van der Waals surface area (Å²) in [5, 5.41) is 8.66. The largest absolute Gasteiger partial charge is 0.417 e. The van der Waals surface area contributed by atoms with Gasteiger partial charge < -0.3 is 5.73 Å². The third kappa shape index (κ3) is 2.49. The summed E-state index contributed by atoms with van der Waals surface area (Å²) in [4.78, 5) is 0. The predicted octanol–water partition coefficient (Wildman–Crippen LogP) is 2.80. The molecule has 1 aromatic rings. The lowest BCUT2D eigenvalue weighted by atomic mass is 10.0. The van der Waals surface area contributed by atoms with Crippen LogP contribution in [0, 0.1) is 11.3 Å². The molecule has 0 aliphatic rings. The molecule has 6 heteroatoms. The second-order valence-corrected chi connectivity index (χ2v) is 3.72. The zero-order valence-electron chi connectivity index (χ0n) is 7.40. The first-order valence-electron chi connectivity index (χ1n) is 3.90. The summed E-state index contributed by atoms with van der Waals surface area (Å²) in [5.74, 6) is 0. The Morgan fingerprint density at radius 1 is 1.40 bits per heavy atom. The van der Waals surface area contributed by atoms with Crippen molar-refractivity contribution in [2.45, 2.75) is 12.7 Å². The maximum absolute atomic E-state index is 12.5. The summed E-state index contributed by atoms with van der Waals surface area (Å²) in [6.45, 7) is -0.106. The van der Waals surface area contributed by atoms with E-state index in [4.69, 9.17) is 11.0 Å². The van der Waals surface area contributed by atoms with Crippen molar-refractivity contribution in [3.8, 4) is 6.07 Å². The highest BCUT2D eigenvalue weighted by Crippen LogP contribution is 2.35. The van der Waals surface area contributed by atoms with Crippen LogP contribution in [-0.4, -0.2) is 0 Å². The summed E-state index contributed by atoms with van der Waals surface area (Å²) >= 11 is 2.94. The van der Waals surface area contributed by atoms with Gasteiger partial charge in [0.05, 0.1) is 11.1 Å². The van der Waals surface area contributed by atoms with Crippen LogP contribution < -0.4 is 5.73 Å². The van der Waals surface area contributed by atoms with Gasteiger partial charge in [-0.3, -0.25) is 0 Å². The minimum absolute atomic E-state index is 0.106. The van der Waals surface area contributed by atoms with Crippen molar-refractivity contribution in [2.75, 3.05) is 0 Å². The molecule has 0 aromatic heterocycles. The fourth-order valence-corrected chi connectivity index (χ4v) is 1.69. The molecule has 0 unspecified atom stereocenters. The van der Waals surface area contributed by atoms with E-state index in [9.17, 15) is 13.2 Å². The van der Waals surface area contributed by atoms with E-state index < -0.39 is 17.3 Å². The first-order valence-corrected chi connectivity index (χ1v) is 4.69. The van der Waals surface area contributed by atoms with E-state index in [0.29, 0.717) is 0 Å². The second-order valence-electron chi connectivity index (χ2n) is 2.80. The quantitative estimate of drug-likeness (QED) is 0.859. The molecule has 80 valence electrons. The molecule has 2 nitrogen and oxygen atoms in total. The van der Waals surface area contributed by atoms with Gasteiger partial charge in [0.25, 0.3) is 0 Å². The molecule has 0 aliphatic heterocycles. The zero-order chi connectivity index (χ0) is 11.6. The van der Waals surface area contributed by atoms with E-state index in [1.54, 1.807) is 0 Å². The molecule has 1 aromatic carbocycles. The monoisotopic (exact) mass is 278 g/mol. The Morgan fingerprint density at radius 3 is 2.40 bits per heavy atom. The number of nitrogens with zero attached hydrogens (tertiary/aromatic N) is 1. The number of halogens is 4. The van der Waals surface area contributed by atoms with Gasteiger partial charge >= 0.3 is 6.18 Å². The van der Waals surface area contributed by atoms with E-state index in [2.05, 4.69) is 15.9 Å². The van der Waals surface area contributed by atoms with Crippen LogP contribution in [0.15, 0.2) is 16.6 Å². The molecular formula is C9H6BrF3N2. The molecule has 0 saturated carbocycles. The van der Waals surface area contributed by atoms with Crippen LogP contribution in [0.1, 0.15) is 16.7 Å². The Morgan fingerprint density at radius 2 is 2.00 bits per heavy atom. The molecule has 0 amide bonds. The first-order chi connectivity index (χ1) is 6.90. The normalized spacial score (nSPS) is 11.2. The SMILES string of the molecule is N#Cc1c(CN)cc(Br)cc1C(F)(F)F. The Labute approximate surface area is 92.6 Å². The number of hydrogen-bond donors (Lipinski definition) is 1. The van der Waals surface area contributed by atoms with E-state index in [1.165, 1.54) is 12.1 Å². The van der Waals surface area contributed by atoms with Crippen LogP contribution in [0.4, 0.5) is 13.2 Å². The Bertz CT molecular complexity index is 421. The molecule has 2 N–H and O–H groups in total. The predicted molar refractivity (Wildman–Crippen MR) is 51.8 cm³/mol. The molecule has 0 radical (unpaired) electrons. The van der Waals surface area contributed by atoms with Gasteiger partial charge in [-0.15, -0.1) is 0 Å². The molecule has 1 rings (SSSR count). The van der Waals surface area contributed by atoms with Gasteiger partial charge in [-0.2, -0.15) is 18.4 Å². The topological polar surface area (TPSA) is 49.8 Å². The molecule has 0 fully saturated rings. The minimum Gasteiger partial charge on any atom is -0.326 e. The fourth-order valence-electron chi connectivity index (χ4n) is 1.18. The van der Waals surface area contributed by atoms with Crippen molar-refractivity contribution in [3.63, 3.8) is 0 Å². The van der Waals surface area contributed by atoms with E-state index in [1.807, 2.05) is 0 Å². The van der Waals surface area contributed by atoms with Crippen LogP contribution >= 0.6 is 15.9 Å². The summed E-state index contributed by atoms with van der Waals surface area (Å²) < 4.78 is 37.8. The number of nitrogens with two attached hydrogens (primary N) is 1. The lowest BCUT2D eigenvalue weighted by Gasteiger charge is -2.12. The van der Waals surface area contributed by atoms with Gasteiger partial charge in [-0.05, 0) is 17.7 Å². The zero-order valence-corrected chi connectivity index (χ0v) is 8.98. The van der Waals surface area contributed by atoms with Gasteiger partial charge in [0.2, 0.25) is 0 Å². The van der Waals surface area contributed by atoms with Crippen molar-refractivity contribution in [3.05, 3.63) is 33.3 Å². The number of hydrogen-bond acceptors (Lipinski definition) is 2. The number of benzene rings is 1. The molecule has 0 atom stereocenters. The van der Waals surface area contributed by atoms with E-state index in [0.717, 1.165) is 6.07 Å². The molecule has 0 bridgehead atoms. The average molecular weight is 279 g/mol. The third-order valence-electron chi connectivity index (χ3n) is 1.82. The van der Waals surface area contributed by atoms with Crippen LogP contribution in [-0.2, 0) is 12.7 Å². The van der Waals surface area contributed by atoms with Crippen molar-refractivity contribution in [1.29, 1.82) is 5.26 Å². The Balaban J connectivity index is 3.51. The Hall–Kier alpha value is -1.06. The minimum atomic E-state index is -4.54. The lowest BCUT2D eigenvalue weighted by Crippen LogP contribution is -2.11. The van der Waals surface area contributed by atoms with Crippen molar-refractivity contribution >= 4 is 15.9 Å². The highest BCUT2D eigenvalue weighted by Gasteiger charge is 2.34. The highest BCUT2D eigenvalue weighted by molar-refractivity contribution is 9.10. The highest BCUT2D eigenvalue weighted by atomic mass is 79.9. The smallest absolute Gasteiger partial charge is 0.326 e. The maximum Gasteiger partial charge on any atom is 0.417 e. The van der Waals surface area contributed by atoms with Crippen LogP contribution in [0.2, 0.25) is 0 Å². The molecule has 0 heterocycles. The molecule has 0 spiro atoms. The first kappa shape index (κ1) is 12.0. The van der Waals surface area contributed by atoms with Crippen molar-refractivity contribution in [1.82, 2.24) is 0 Å². The second kappa shape index (κ2) is 4.21. The Kier molecular flexibility index (Phi) is 3.37. The standard InChI is InChI=1S/C9H6BrF3N2/c10-6-1-5(3-14)7(4-15)8(2-6)9(11,12)13/h1-2H,3,14H2. The number of nitriles is 1. The molecule has 0 aliphatic carbocycles. The van der Waals surface area contributed by atoms with Gasteiger partial charge in [-0.1, -0.05) is 15.9 Å². The maximum atomic E-state index is 12.5. The van der Waals surface area contributed by atoms with Crippen molar-refractivity contribution in [2.24, 2.45) is 5.73 Å². The number of rotatable bonds is 1. The fraction of sp³-hybridized carbons (Fsp3) is 0.222. The summed E-state index contributed by atoms with van der Waals surface area (Å²) in [5.41, 5.74) is 4.08. The summed E-state index contributed by atoms with van der Waals surface area (Å²) in [6.07, 6.45) is -4.54. The lowest BCUT2D eigenvalue weighted by molar-refractivity contribution is -0.137. The van der Waals surface area contributed by atoms with Gasteiger partial charge in [0.15, 0.2) is 0 Å². The summed E-state index contributed by atoms with van der Waals surface area (Å²) in [7, 11) is 0.